The summed E-state index contributed by atoms with van der Waals surface area (Å²) in [6.45, 7) is 0.410. The Hall–Kier alpha value is -1.50. The highest BCUT2D eigenvalue weighted by Gasteiger charge is 2.18. The largest absolute Gasteiger partial charge is 0.337 e. The van der Waals surface area contributed by atoms with E-state index in [9.17, 15) is 13.2 Å². The van der Waals surface area contributed by atoms with Gasteiger partial charge in [-0.15, -0.1) is 11.8 Å². The van der Waals surface area contributed by atoms with Gasteiger partial charge >= 0.3 is 0 Å². The Morgan fingerprint density at radius 2 is 1.79 bits per heavy atom. The molecule has 0 N–H and O–H groups in total. The van der Waals surface area contributed by atoms with E-state index in [0.717, 1.165) is 16.7 Å². The lowest BCUT2D eigenvalue weighted by molar-refractivity contribution is 0.0785. The number of carbonyl (C=O) groups excluding carboxylic acids is 1. The number of halogens is 1. The summed E-state index contributed by atoms with van der Waals surface area (Å²) in [7, 11) is -1.74. The molecule has 7 heteroatoms. The quantitative estimate of drug-likeness (QED) is 0.738. The van der Waals surface area contributed by atoms with Crippen LogP contribution in [0.4, 0.5) is 0 Å². The first-order valence-electron chi connectivity index (χ1n) is 7.10. The van der Waals surface area contributed by atoms with Gasteiger partial charge < -0.3 is 4.90 Å². The van der Waals surface area contributed by atoms with Gasteiger partial charge in [-0.3, -0.25) is 4.79 Å². The summed E-state index contributed by atoms with van der Waals surface area (Å²) in [5.74, 6) is -0.320. The fourth-order valence-corrected chi connectivity index (χ4v) is 3.43. The summed E-state index contributed by atoms with van der Waals surface area (Å²) in [6, 6.07) is 12.1. The lowest BCUT2D eigenvalue weighted by Gasteiger charge is -2.18. The molecule has 2 aromatic carbocycles. The molecular weight excluding hydrogens is 366 g/mol. The van der Waals surface area contributed by atoms with Crippen LogP contribution in [0, 0.1) is 0 Å². The summed E-state index contributed by atoms with van der Waals surface area (Å²) >= 11 is 7.73. The van der Waals surface area contributed by atoms with Gasteiger partial charge in [0.1, 0.15) is 0 Å². The van der Waals surface area contributed by atoms with Crippen LogP contribution in [0.5, 0.6) is 0 Å². The summed E-state index contributed by atoms with van der Waals surface area (Å²) in [6.07, 6.45) is 3.10. The van der Waals surface area contributed by atoms with Crippen LogP contribution in [0.2, 0.25) is 5.02 Å². The zero-order valence-corrected chi connectivity index (χ0v) is 16.0. The molecule has 0 atom stereocenters. The van der Waals surface area contributed by atoms with Gasteiger partial charge in [0.2, 0.25) is 0 Å². The van der Waals surface area contributed by atoms with Crippen LogP contribution in [0.15, 0.2) is 52.3 Å². The van der Waals surface area contributed by atoms with Gasteiger partial charge in [-0.2, -0.15) is 0 Å². The van der Waals surface area contributed by atoms with Crippen LogP contribution in [0.25, 0.3) is 0 Å². The molecule has 0 radical (unpaired) electrons. The summed E-state index contributed by atoms with van der Waals surface area (Å²) in [5, 5.41) is 0.233. The van der Waals surface area contributed by atoms with Crippen LogP contribution in [-0.4, -0.2) is 38.8 Å². The number of thioether (sulfide) groups is 1. The number of amides is 1. The second-order valence-corrected chi connectivity index (χ2v) is 8.73. The average Bonchev–Trinajstić information content (AvgIpc) is 2.54. The molecule has 0 saturated carbocycles. The number of hydrogen-bond donors (Lipinski definition) is 0. The third kappa shape index (κ3) is 4.53. The zero-order valence-electron chi connectivity index (χ0n) is 13.6. The average molecular weight is 384 g/mol. The van der Waals surface area contributed by atoms with E-state index in [4.69, 9.17) is 11.6 Å². The molecule has 0 heterocycles. The van der Waals surface area contributed by atoms with Gasteiger partial charge in [-0.25, -0.2) is 8.42 Å². The van der Waals surface area contributed by atoms with Crippen LogP contribution < -0.4 is 0 Å². The molecule has 128 valence electrons. The van der Waals surface area contributed by atoms with E-state index in [0.29, 0.717) is 6.54 Å². The van der Waals surface area contributed by atoms with Crippen molar-refractivity contribution in [3.8, 4) is 0 Å². The molecule has 24 heavy (non-hydrogen) atoms. The lowest BCUT2D eigenvalue weighted by Crippen LogP contribution is -2.26. The molecule has 0 spiro atoms. The minimum absolute atomic E-state index is 0.0768. The van der Waals surface area contributed by atoms with E-state index in [2.05, 4.69) is 0 Å². The topological polar surface area (TPSA) is 54.5 Å². The smallest absolute Gasteiger partial charge is 0.255 e. The van der Waals surface area contributed by atoms with E-state index in [1.807, 2.05) is 30.5 Å². The van der Waals surface area contributed by atoms with Crippen molar-refractivity contribution in [2.75, 3.05) is 19.6 Å². The van der Waals surface area contributed by atoms with Crippen LogP contribution in [-0.2, 0) is 16.4 Å². The third-order valence-electron chi connectivity index (χ3n) is 3.52. The Kier molecular flexibility index (Phi) is 5.96. The molecule has 1 amide bonds. The Balaban J connectivity index is 2.23. The van der Waals surface area contributed by atoms with Crippen molar-refractivity contribution in [3.05, 3.63) is 58.6 Å². The van der Waals surface area contributed by atoms with E-state index in [1.165, 1.54) is 23.1 Å². The molecule has 0 unspecified atom stereocenters. The van der Waals surface area contributed by atoms with Crippen molar-refractivity contribution < 1.29 is 13.2 Å². The van der Waals surface area contributed by atoms with Crippen LogP contribution in [0.1, 0.15) is 15.9 Å². The highest BCUT2D eigenvalue weighted by atomic mass is 35.5. The van der Waals surface area contributed by atoms with Gasteiger partial charge in [0, 0.05) is 24.7 Å². The van der Waals surface area contributed by atoms with Crippen LogP contribution >= 0.6 is 23.4 Å². The standard InChI is InChI=1S/C17H18ClNO3S2/c1-19(11-12-4-6-13(23-2)7-5-12)17(20)15-10-14(24(3,21)22)8-9-16(15)18/h4-10H,11H2,1-3H3. The molecule has 0 aliphatic rings. The van der Waals surface area contributed by atoms with Crippen molar-refractivity contribution in [2.45, 2.75) is 16.3 Å². The first kappa shape index (κ1) is 18.8. The number of hydrogen-bond acceptors (Lipinski definition) is 4. The Labute approximate surface area is 151 Å². The minimum atomic E-state index is -3.40. The van der Waals surface area contributed by atoms with Crippen molar-refractivity contribution in [3.63, 3.8) is 0 Å². The maximum absolute atomic E-state index is 12.6. The van der Waals surface area contributed by atoms with Gasteiger partial charge in [-0.05, 0) is 42.2 Å². The summed E-state index contributed by atoms with van der Waals surface area (Å²) < 4.78 is 23.3. The van der Waals surface area contributed by atoms with Gasteiger partial charge in [0.25, 0.3) is 5.91 Å². The number of nitrogens with zero attached hydrogens (tertiary/aromatic N) is 1. The molecule has 0 aliphatic carbocycles. The van der Waals surface area contributed by atoms with Gasteiger partial charge in [0.05, 0.1) is 15.5 Å². The highest BCUT2D eigenvalue weighted by molar-refractivity contribution is 7.98. The monoisotopic (exact) mass is 383 g/mol. The predicted octanol–water partition coefficient (Wildman–Crippen LogP) is 3.74. The van der Waals surface area contributed by atoms with Crippen molar-refractivity contribution in [2.24, 2.45) is 0 Å². The van der Waals surface area contributed by atoms with Crippen molar-refractivity contribution >= 4 is 39.1 Å². The van der Waals surface area contributed by atoms with E-state index >= 15 is 0 Å². The molecule has 4 nitrogen and oxygen atoms in total. The SMILES string of the molecule is CSc1ccc(CN(C)C(=O)c2cc(S(C)(=O)=O)ccc2Cl)cc1. The number of rotatable bonds is 5. The van der Waals surface area contributed by atoms with E-state index in [-0.39, 0.29) is 21.4 Å². The first-order chi connectivity index (χ1) is 11.2. The molecule has 0 bridgehead atoms. The zero-order chi connectivity index (χ0) is 17.9. The fourth-order valence-electron chi connectivity index (χ4n) is 2.18. The lowest BCUT2D eigenvalue weighted by atomic mass is 10.1. The van der Waals surface area contributed by atoms with Crippen molar-refractivity contribution in [1.82, 2.24) is 4.90 Å². The van der Waals surface area contributed by atoms with Gasteiger partial charge in [-0.1, -0.05) is 23.7 Å². The van der Waals surface area contributed by atoms with E-state index < -0.39 is 9.84 Å². The third-order valence-corrected chi connectivity index (χ3v) is 5.71. The predicted molar refractivity (Wildman–Crippen MR) is 98.6 cm³/mol. The number of sulfone groups is 1. The normalized spacial score (nSPS) is 11.3. The van der Waals surface area contributed by atoms with Gasteiger partial charge in [0.15, 0.2) is 9.84 Å². The number of carbonyl (C=O) groups is 1. The molecule has 2 aromatic rings. The Morgan fingerprint density at radius 3 is 2.33 bits per heavy atom. The van der Waals surface area contributed by atoms with Crippen LogP contribution in [0.3, 0.4) is 0 Å². The second kappa shape index (κ2) is 7.59. The molecular formula is C17H18ClNO3S2. The maximum Gasteiger partial charge on any atom is 0.255 e. The molecule has 0 fully saturated rings. The highest BCUT2D eigenvalue weighted by Crippen LogP contribution is 2.23. The molecule has 0 aliphatic heterocycles. The molecule has 0 aromatic heterocycles. The Bertz CT molecular complexity index is 849. The number of benzene rings is 2. The van der Waals surface area contributed by atoms with Crippen molar-refractivity contribution in [1.29, 1.82) is 0 Å². The first-order valence-corrected chi connectivity index (χ1v) is 10.6. The maximum atomic E-state index is 12.6. The van der Waals surface area contributed by atoms with E-state index in [1.54, 1.807) is 18.8 Å². The summed E-state index contributed by atoms with van der Waals surface area (Å²) in [4.78, 5) is 15.4. The molecule has 0 saturated heterocycles. The summed E-state index contributed by atoms with van der Waals surface area (Å²) in [5.41, 5.74) is 1.17. The minimum Gasteiger partial charge on any atom is -0.337 e. The second-order valence-electron chi connectivity index (χ2n) is 5.42. The molecule has 2 rings (SSSR count). The fraction of sp³-hybridized carbons (Fsp3) is 0.235. The Morgan fingerprint density at radius 1 is 1.17 bits per heavy atom.